The number of carbonyl (C=O) groups is 1. The molecule has 1 unspecified atom stereocenters. The molecular formula is C26H32N4O4S. The molecule has 0 spiro atoms. The van der Waals surface area contributed by atoms with Gasteiger partial charge in [0.2, 0.25) is 10.0 Å². The minimum atomic E-state index is -3.66. The Balaban J connectivity index is 1.35. The summed E-state index contributed by atoms with van der Waals surface area (Å²) >= 11 is 0. The molecule has 2 saturated heterocycles. The van der Waals surface area contributed by atoms with Crippen molar-refractivity contribution in [3.63, 3.8) is 0 Å². The zero-order valence-electron chi connectivity index (χ0n) is 20.2. The lowest BCUT2D eigenvalue weighted by molar-refractivity contribution is 0.0694. The van der Waals surface area contributed by atoms with E-state index in [1.165, 1.54) is 0 Å². The van der Waals surface area contributed by atoms with Crippen molar-refractivity contribution in [3.05, 3.63) is 64.1 Å². The van der Waals surface area contributed by atoms with Gasteiger partial charge in [0.1, 0.15) is 0 Å². The first-order valence-corrected chi connectivity index (χ1v) is 13.8. The van der Waals surface area contributed by atoms with E-state index in [9.17, 15) is 18.0 Å². The number of carbonyl (C=O) groups excluding carboxylic acids is 1. The van der Waals surface area contributed by atoms with Crippen molar-refractivity contribution in [3.8, 4) is 0 Å². The van der Waals surface area contributed by atoms with E-state index in [-0.39, 0.29) is 28.6 Å². The second kappa shape index (κ2) is 9.28. The average Bonchev–Trinajstić information content (AvgIpc) is 3.19. The van der Waals surface area contributed by atoms with Gasteiger partial charge in [-0.2, -0.15) is 4.31 Å². The minimum absolute atomic E-state index is 0.0103. The van der Waals surface area contributed by atoms with Gasteiger partial charge in [0.15, 0.2) is 0 Å². The Morgan fingerprint density at radius 1 is 1.00 bits per heavy atom. The van der Waals surface area contributed by atoms with E-state index in [1.807, 2.05) is 38.1 Å². The third-order valence-corrected chi connectivity index (χ3v) is 9.54. The Hall–Kier alpha value is -2.91. The van der Waals surface area contributed by atoms with Gasteiger partial charge in [0.05, 0.1) is 15.9 Å². The highest BCUT2D eigenvalue weighted by Gasteiger charge is 2.33. The Morgan fingerprint density at radius 2 is 1.74 bits per heavy atom. The van der Waals surface area contributed by atoms with Gasteiger partial charge in [0, 0.05) is 37.3 Å². The molecule has 0 bridgehead atoms. The second-order valence-electron chi connectivity index (χ2n) is 9.78. The Kier molecular flexibility index (Phi) is 6.31. The zero-order chi connectivity index (χ0) is 24.7. The number of H-pyrrole nitrogens is 1. The van der Waals surface area contributed by atoms with Crippen molar-refractivity contribution in [1.29, 1.82) is 0 Å². The number of para-hydroxylation sites is 2. The number of piperidine rings is 2. The number of aromatic nitrogens is 2. The number of amides is 1. The molecule has 2 fully saturated rings. The lowest BCUT2D eigenvalue weighted by Crippen LogP contribution is -2.42. The predicted molar refractivity (Wildman–Crippen MR) is 135 cm³/mol. The summed E-state index contributed by atoms with van der Waals surface area (Å²) in [5.74, 6) is -0.157. The van der Waals surface area contributed by atoms with Crippen LogP contribution in [-0.2, 0) is 10.0 Å². The monoisotopic (exact) mass is 496 g/mol. The average molecular weight is 497 g/mol. The number of sulfonamides is 1. The molecule has 0 aliphatic carbocycles. The number of benzene rings is 2. The van der Waals surface area contributed by atoms with E-state index in [4.69, 9.17) is 0 Å². The highest BCUT2D eigenvalue weighted by atomic mass is 32.2. The summed E-state index contributed by atoms with van der Waals surface area (Å²) in [6, 6.07) is 12.5. The van der Waals surface area contributed by atoms with Crippen LogP contribution in [0, 0.1) is 6.92 Å². The number of aromatic amines is 1. The van der Waals surface area contributed by atoms with Crippen molar-refractivity contribution in [2.45, 2.75) is 62.9 Å². The van der Waals surface area contributed by atoms with E-state index in [0.717, 1.165) is 35.9 Å². The molecular weight excluding hydrogens is 464 g/mol. The van der Waals surface area contributed by atoms with E-state index >= 15 is 0 Å². The predicted octanol–water partition coefficient (Wildman–Crippen LogP) is 3.68. The van der Waals surface area contributed by atoms with Gasteiger partial charge in [-0.25, -0.2) is 13.2 Å². The Morgan fingerprint density at radius 3 is 2.49 bits per heavy atom. The topological polar surface area (TPSA) is 95.5 Å². The maximum Gasteiger partial charge on any atom is 0.326 e. The molecule has 1 amide bonds. The summed E-state index contributed by atoms with van der Waals surface area (Å²) in [5, 5.41) is 0. The quantitative estimate of drug-likeness (QED) is 0.596. The van der Waals surface area contributed by atoms with Gasteiger partial charge >= 0.3 is 5.69 Å². The number of aryl methyl sites for hydroxylation is 1. The fourth-order valence-corrected chi connectivity index (χ4v) is 7.22. The maximum absolute atomic E-state index is 13.5. The number of nitrogens with one attached hydrogen (secondary N) is 1. The molecule has 8 nitrogen and oxygen atoms in total. The lowest BCUT2D eigenvalue weighted by Gasteiger charge is -2.33. The Labute approximate surface area is 205 Å². The third kappa shape index (κ3) is 4.31. The number of nitrogens with zero attached hydrogens (tertiary/aromatic N) is 3. The molecule has 1 N–H and O–H groups in total. The van der Waals surface area contributed by atoms with Crippen LogP contribution in [0.15, 0.2) is 52.2 Å². The minimum Gasteiger partial charge on any atom is -0.338 e. The normalized spacial score (nSPS) is 20.4. The van der Waals surface area contributed by atoms with Crippen molar-refractivity contribution >= 4 is 27.0 Å². The molecule has 0 radical (unpaired) electrons. The van der Waals surface area contributed by atoms with Crippen LogP contribution >= 0.6 is 0 Å². The van der Waals surface area contributed by atoms with Gasteiger partial charge in [-0.15, -0.1) is 0 Å². The molecule has 1 atom stereocenters. The smallest absolute Gasteiger partial charge is 0.326 e. The maximum atomic E-state index is 13.5. The first-order valence-electron chi connectivity index (χ1n) is 12.4. The van der Waals surface area contributed by atoms with Gasteiger partial charge in [0.25, 0.3) is 5.91 Å². The van der Waals surface area contributed by atoms with Crippen LogP contribution in [0.4, 0.5) is 0 Å². The number of hydrogen-bond acceptors (Lipinski definition) is 4. The highest BCUT2D eigenvalue weighted by Crippen LogP contribution is 2.29. The van der Waals surface area contributed by atoms with Crippen LogP contribution in [0.25, 0.3) is 11.0 Å². The molecule has 186 valence electrons. The molecule has 5 rings (SSSR count). The molecule has 9 heteroatoms. The number of fused-ring (bicyclic) bond motifs is 1. The zero-order valence-corrected chi connectivity index (χ0v) is 21.1. The summed E-state index contributed by atoms with van der Waals surface area (Å²) in [6.45, 7) is 5.32. The fourth-order valence-electron chi connectivity index (χ4n) is 5.49. The number of likely N-dealkylation sites (tertiary alicyclic amines) is 1. The SMILES string of the molecule is Cc1ccc(S(=O)(=O)N2CCCCC2C)cc1C(=O)N1CCC(n2c(=O)[nH]c3ccccc32)CC1. The first kappa shape index (κ1) is 23.8. The lowest BCUT2D eigenvalue weighted by atomic mass is 10.0. The van der Waals surface area contributed by atoms with Crippen LogP contribution in [-0.4, -0.2) is 58.8 Å². The van der Waals surface area contributed by atoms with Crippen molar-refractivity contribution in [1.82, 2.24) is 18.8 Å². The van der Waals surface area contributed by atoms with Gasteiger partial charge in [-0.1, -0.05) is 24.6 Å². The second-order valence-corrected chi connectivity index (χ2v) is 11.7. The van der Waals surface area contributed by atoms with Crippen LogP contribution in [0.2, 0.25) is 0 Å². The number of rotatable bonds is 4. The van der Waals surface area contributed by atoms with E-state index in [1.54, 1.807) is 32.0 Å². The van der Waals surface area contributed by atoms with Crippen molar-refractivity contribution < 1.29 is 13.2 Å². The van der Waals surface area contributed by atoms with E-state index in [2.05, 4.69) is 4.98 Å². The van der Waals surface area contributed by atoms with Crippen LogP contribution in [0.3, 0.4) is 0 Å². The number of imidazole rings is 1. The molecule has 2 aliphatic heterocycles. The molecule has 2 aliphatic rings. The standard InChI is InChI=1S/C26H32N4O4S/c1-18-10-11-21(35(33,34)29-14-6-5-7-19(29)2)17-22(18)25(31)28-15-12-20(13-16-28)30-24-9-4-3-8-23(24)27-26(30)32/h3-4,8-11,17,19-20H,5-7,12-16H2,1-2H3,(H,27,32). The molecule has 2 aromatic carbocycles. The van der Waals surface area contributed by atoms with E-state index < -0.39 is 10.0 Å². The highest BCUT2D eigenvalue weighted by molar-refractivity contribution is 7.89. The van der Waals surface area contributed by atoms with Crippen molar-refractivity contribution in [2.75, 3.05) is 19.6 Å². The van der Waals surface area contributed by atoms with Crippen LogP contribution in [0.5, 0.6) is 0 Å². The van der Waals surface area contributed by atoms with Gasteiger partial charge < -0.3 is 9.88 Å². The molecule has 3 heterocycles. The van der Waals surface area contributed by atoms with Gasteiger partial charge in [-0.05, 0) is 69.4 Å². The molecule has 1 aromatic heterocycles. The largest absolute Gasteiger partial charge is 0.338 e. The molecule has 0 saturated carbocycles. The number of hydrogen-bond donors (Lipinski definition) is 1. The summed E-state index contributed by atoms with van der Waals surface area (Å²) in [6.07, 6.45) is 4.07. The van der Waals surface area contributed by atoms with Gasteiger partial charge in [-0.3, -0.25) is 9.36 Å². The first-order chi connectivity index (χ1) is 16.8. The molecule has 3 aromatic rings. The summed E-state index contributed by atoms with van der Waals surface area (Å²) < 4.78 is 30.0. The molecule has 35 heavy (non-hydrogen) atoms. The Bertz CT molecular complexity index is 1420. The summed E-state index contributed by atoms with van der Waals surface area (Å²) in [7, 11) is -3.66. The van der Waals surface area contributed by atoms with E-state index in [0.29, 0.717) is 38.0 Å². The fraction of sp³-hybridized carbons (Fsp3) is 0.462. The third-order valence-electron chi connectivity index (χ3n) is 7.53. The summed E-state index contributed by atoms with van der Waals surface area (Å²) in [4.78, 5) is 30.9. The van der Waals surface area contributed by atoms with Crippen molar-refractivity contribution in [2.24, 2.45) is 0 Å². The summed E-state index contributed by atoms with van der Waals surface area (Å²) in [5.41, 5.74) is 2.75. The van der Waals surface area contributed by atoms with Crippen LogP contribution in [0.1, 0.15) is 61.0 Å². The van der Waals surface area contributed by atoms with Crippen LogP contribution < -0.4 is 5.69 Å².